The molecular formula is C18H15Cl2F3N6O. The monoisotopic (exact) mass is 458 g/mol. The third kappa shape index (κ3) is 4.89. The van der Waals surface area contributed by atoms with E-state index in [9.17, 15) is 18.0 Å². The van der Waals surface area contributed by atoms with Crippen molar-refractivity contribution in [3.8, 4) is 22.6 Å². The largest absolute Gasteiger partial charge is 0.471 e. The summed E-state index contributed by atoms with van der Waals surface area (Å²) in [6, 6.07) is 4.07. The van der Waals surface area contributed by atoms with Crippen LogP contribution in [0.25, 0.3) is 22.6 Å². The minimum atomic E-state index is -4.98. The zero-order valence-electron chi connectivity index (χ0n) is 15.4. The number of H-pyrrole nitrogens is 1. The molecule has 0 aliphatic carbocycles. The van der Waals surface area contributed by atoms with Crippen LogP contribution in [0.4, 0.5) is 13.2 Å². The molecule has 0 bridgehead atoms. The Morgan fingerprint density at radius 1 is 1.23 bits per heavy atom. The smallest absolute Gasteiger partial charge is 0.346 e. The van der Waals surface area contributed by atoms with Gasteiger partial charge in [-0.25, -0.2) is 15.0 Å². The summed E-state index contributed by atoms with van der Waals surface area (Å²) >= 11 is 12.3. The topological polar surface area (TPSA) is 95.6 Å². The van der Waals surface area contributed by atoms with Crippen molar-refractivity contribution in [3.63, 3.8) is 0 Å². The number of hydrogen-bond acceptors (Lipinski definition) is 5. The molecule has 3 N–H and O–H groups in total. The highest BCUT2D eigenvalue weighted by Gasteiger charge is 2.38. The molecule has 1 aromatic carbocycles. The number of likely N-dealkylation sites (N-methyl/N-ethyl adjacent to an activating group) is 1. The molecule has 158 valence electrons. The highest BCUT2D eigenvalue weighted by molar-refractivity contribution is 6.36. The van der Waals surface area contributed by atoms with Crippen LogP contribution in [0.3, 0.4) is 0 Å². The first-order valence-corrected chi connectivity index (χ1v) is 9.30. The number of alkyl halides is 3. The fraction of sp³-hybridized carbons (Fsp3) is 0.222. The summed E-state index contributed by atoms with van der Waals surface area (Å²) in [6.45, 7) is -0.372. The molecule has 0 saturated carbocycles. The van der Waals surface area contributed by atoms with Crippen molar-refractivity contribution in [2.45, 2.75) is 12.2 Å². The van der Waals surface area contributed by atoms with Crippen LogP contribution in [0.15, 0.2) is 36.8 Å². The van der Waals surface area contributed by atoms with E-state index in [0.717, 1.165) is 0 Å². The number of imidazole rings is 1. The van der Waals surface area contributed by atoms with Gasteiger partial charge >= 0.3 is 12.1 Å². The molecule has 2 aromatic heterocycles. The predicted octanol–water partition coefficient (Wildman–Crippen LogP) is 3.78. The van der Waals surface area contributed by atoms with E-state index in [0.29, 0.717) is 32.7 Å². The number of carbonyl (C=O) groups is 1. The number of nitrogens with zero attached hydrogens (tertiary/aromatic N) is 3. The van der Waals surface area contributed by atoms with Gasteiger partial charge in [-0.3, -0.25) is 4.79 Å². The molecule has 30 heavy (non-hydrogen) atoms. The van der Waals surface area contributed by atoms with Crippen LogP contribution in [0, 0.1) is 0 Å². The number of amides is 1. The fourth-order valence-electron chi connectivity index (χ4n) is 2.65. The van der Waals surface area contributed by atoms with Crippen LogP contribution < -0.4 is 10.6 Å². The van der Waals surface area contributed by atoms with Crippen LogP contribution in [0.2, 0.25) is 10.0 Å². The highest BCUT2D eigenvalue weighted by atomic mass is 35.5. The molecule has 0 fully saturated rings. The van der Waals surface area contributed by atoms with E-state index in [1.165, 1.54) is 13.2 Å². The van der Waals surface area contributed by atoms with Crippen molar-refractivity contribution < 1.29 is 18.0 Å². The van der Waals surface area contributed by atoms with Crippen LogP contribution in [-0.2, 0) is 4.79 Å². The van der Waals surface area contributed by atoms with E-state index < -0.39 is 18.1 Å². The molecular weight excluding hydrogens is 444 g/mol. The predicted molar refractivity (Wildman–Crippen MR) is 106 cm³/mol. The summed E-state index contributed by atoms with van der Waals surface area (Å²) in [5, 5.41) is 5.38. The maximum atomic E-state index is 12.5. The number of nitrogens with one attached hydrogen (secondary N) is 3. The summed E-state index contributed by atoms with van der Waals surface area (Å²) in [6.07, 6.45) is -0.319. The maximum absolute atomic E-state index is 12.5. The van der Waals surface area contributed by atoms with Gasteiger partial charge in [-0.1, -0.05) is 23.2 Å². The molecule has 2 heterocycles. The Labute approximate surface area is 179 Å². The Balaban J connectivity index is 2.01. The first kappa shape index (κ1) is 22.0. The van der Waals surface area contributed by atoms with E-state index in [1.54, 1.807) is 30.6 Å². The van der Waals surface area contributed by atoms with Gasteiger partial charge in [0.1, 0.15) is 11.6 Å². The maximum Gasteiger partial charge on any atom is 0.471 e. The summed E-state index contributed by atoms with van der Waals surface area (Å²) in [5.41, 5.74) is 1.46. The van der Waals surface area contributed by atoms with Crippen LogP contribution in [0.5, 0.6) is 0 Å². The van der Waals surface area contributed by atoms with Gasteiger partial charge in [0.05, 0.1) is 22.3 Å². The molecule has 0 spiro atoms. The van der Waals surface area contributed by atoms with Crippen LogP contribution in [-0.4, -0.2) is 45.6 Å². The van der Waals surface area contributed by atoms with Crippen molar-refractivity contribution >= 4 is 29.1 Å². The Morgan fingerprint density at radius 3 is 2.60 bits per heavy atom. The van der Waals surface area contributed by atoms with Crippen molar-refractivity contribution in [1.29, 1.82) is 0 Å². The number of carbonyl (C=O) groups excluding carboxylic acids is 1. The van der Waals surface area contributed by atoms with Gasteiger partial charge in [0.25, 0.3) is 0 Å². The molecule has 12 heteroatoms. The molecule has 1 amide bonds. The Bertz CT molecular complexity index is 1040. The number of aromatic nitrogens is 4. The van der Waals surface area contributed by atoms with Gasteiger partial charge in [0, 0.05) is 35.7 Å². The third-order valence-corrected chi connectivity index (χ3v) is 4.68. The van der Waals surface area contributed by atoms with E-state index in [4.69, 9.17) is 23.2 Å². The van der Waals surface area contributed by atoms with Gasteiger partial charge in [-0.05, 0) is 25.2 Å². The quantitative estimate of drug-likeness (QED) is 0.522. The minimum absolute atomic E-state index is 0.163. The van der Waals surface area contributed by atoms with Crippen molar-refractivity contribution in [2.75, 3.05) is 13.6 Å². The van der Waals surface area contributed by atoms with Gasteiger partial charge in [-0.2, -0.15) is 13.2 Å². The molecule has 0 saturated heterocycles. The number of aromatic amines is 1. The first-order chi connectivity index (χ1) is 14.2. The molecule has 3 rings (SSSR count). The first-order valence-electron chi connectivity index (χ1n) is 8.55. The third-order valence-electron chi connectivity index (χ3n) is 4.13. The van der Waals surface area contributed by atoms with Gasteiger partial charge in [-0.15, -0.1) is 0 Å². The zero-order valence-corrected chi connectivity index (χ0v) is 16.9. The molecule has 7 nitrogen and oxygen atoms in total. The SMILES string of the molecule is CNC(CNC(=O)C(F)(F)F)c1ncc(-c2ncc[nH]2)c(-c2ccc(Cl)cc2Cl)n1. The zero-order chi connectivity index (χ0) is 21.9. The summed E-state index contributed by atoms with van der Waals surface area (Å²) in [7, 11) is 1.52. The lowest BCUT2D eigenvalue weighted by molar-refractivity contribution is -0.173. The van der Waals surface area contributed by atoms with Gasteiger partial charge < -0.3 is 15.6 Å². The number of halogens is 5. The van der Waals surface area contributed by atoms with Gasteiger partial charge in [0.2, 0.25) is 0 Å². The molecule has 3 aromatic rings. The molecule has 1 atom stereocenters. The Morgan fingerprint density at radius 2 is 2.00 bits per heavy atom. The van der Waals surface area contributed by atoms with E-state index >= 15 is 0 Å². The normalized spacial score (nSPS) is 12.6. The van der Waals surface area contributed by atoms with E-state index in [1.807, 2.05) is 5.32 Å². The van der Waals surface area contributed by atoms with E-state index in [2.05, 4.69) is 25.3 Å². The second-order valence-corrected chi connectivity index (χ2v) is 6.95. The van der Waals surface area contributed by atoms with E-state index in [-0.39, 0.29) is 12.4 Å². The molecule has 1 unspecified atom stereocenters. The molecule has 0 aliphatic heterocycles. The summed E-state index contributed by atoms with van der Waals surface area (Å²) in [5.74, 6) is -1.40. The lowest BCUT2D eigenvalue weighted by Crippen LogP contribution is -2.41. The lowest BCUT2D eigenvalue weighted by atomic mass is 10.1. The Hall–Kier alpha value is -2.69. The fourth-order valence-corrected chi connectivity index (χ4v) is 3.15. The second kappa shape index (κ2) is 8.99. The van der Waals surface area contributed by atoms with Crippen LogP contribution in [0.1, 0.15) is 11.9 Å². The standard InChI is InChI=1S/C18H15Cl2F3N6O/c1-24-13(8-28-17(30)18(21,22)23)16-27-7-11(15-25-4-5-26-15)14(29-16)10-3-2-9(19)6-12(10)20/h2-7,13,24H,8H2,1H3,(H,25,26)(H,28,30). The average Bonchev–Trinajstić information content (AvgIpc) is 3.22. The highest BCUT2D eigenvalue weighted by Crippen LogP contribution is 2.35. The van der Waals surface area contributed by atoms with Crippen molar-refractivity contribution in [1.82, 2.24) is 30.6 Å². The number of hydrogen-bond donors (Lipinski definition) is 3. The lowest BCUT2D eigenvalue weighted by Gasteiger charge is -2.18. The summed E-state index contributed by atoms with van der Waals surface area (Å²) in [4.78, 5) is 27.0. The van der Waals surface area contributed by atoms with Crippen molar-refractivity contribution in [2.24, 2.45) is 0 Å². The number of benzene rings is 1. The molecule has 0 aliphatic rings. The van der Waals surface area contributed by atoms with Gasteiger partial charge in [0.15, 0.2) is 0 Å². The number of rotatable bonds is 6. The Kier molecular flexibility index (Phi) is 6.59. The van der Waals surface area contributed by atoms with Crippen molar-refractivity contribution in [3.05, 3.63) is 52.7 Å². The average molecular weight is 459 g/mol. The minimum Gasteiger partial charge on any atom is -0.346 e. The molecule has 0 radical (unpaired) electrons. The second-order valence-electron chi connectivity index (χ2n) is 6.10. The van der Waals surface area contributed by atoms with Crippen LogP contribution >= 0.6 is 23.2 Å². The summed E-state index contributed by atoms with van der Waals surface area (Å²) < 4.78 is 37.4.